The van der Waals surface area contributed by atoms with Crippen molar-refractivity contribution < 1.29 is 5.11 Å². The number of nitrogens with one attached hydrogen (secondary N) is 2. The molecular weight excluding hydrogens is 190 g/mol. The summed E-state index contributed by atoms with van der Waals surface area (Å²) in [6.45, 7) is 3.13. The summed E-state index contributed by atoms with van der Waals surface area (Å²) in [7, 11) is 0. The minimum Gasteiger partial charge on any atom is -0.396 e. The Kier molecular flexibility index (Phi) is 3.38. The van der Waals surface area contributed by atoms with Crippen molar-refractivity contribution >= 4 is 0 Å². The van der Waals surface area contributed by atoms with Crippen molar-refractivity contribution in [2.24, 2.45) is 5.92 Å². The van der Waals surface area contributed by atoms with E-state index in [0.29, 0.717) is 18.6 Å². The second-order valence-electron chi connectivity index (χ2n) is 4.34. The number of rotatable bonds is 4. The SMILES string of the molecule is Cc1[nH]cnc1CNC1CCCC1CO. The van der Waals surface area contributed by atoms with Crippen LogP contribution in [0, 0.1) is 12.8 Å². The summed E-state index contributed by atoms with van der Waals surface area (Å²) < 4.78 is 0. The molecule has 0 radical (unpaired) electrons. The highest BCUT2D eigenvalue weighted by molar-refractivity contribution is 5.08. The van der Waals surface area contributed by atoms with Gasteiger partial charge in [-0.05, 0) is 25.7 Å². The number of imidazole rings is 1. The van der Waals surface area contributed by atoms with E-state index in [-0.39, 0.29) is 0 Å². The van der Waals surface area contributed by atoms with Crippen LogP contribution in [0.1, 0.15) is 30.7 Å². The number of nitrogens with zero attached hydrogens (tertiary/aromatic N) is 1. The van der Waals surface area contributed by atoms with E-state index in [4.69, 9.17) is 0 Å². The third-order valence-electron chi connectivity index (χ3n) is 3.36. The molecule has 1 saturated carbocycles. The Bertz CT molecular complexity index is 311. The zero-order valence-electron chi connectivity index (χ0n) is 9.16. The Balaban J connectivity index is 1.85. The molecule has 1 aliphatic carbocycles. The molecule has 0 aliphatic heterocycles. The van der Waals surface area contributed by atoms with Crippen molar-refractivity contribution in [3.8, 4) is 0 Å². The standard InChI is InChI=1S/C11H19N3O/c1-8-11(14-7-13-8)5-12-10-4-2-3-9(10)6-15/h7,9-10,12,15H,2-6H2,1H3,(H,13,14). The zero-order valence-corrected chi connectivity index (χ0v) is 9.16. The molecule has 4 nitrogen and oxygen atoms in total. The van der Waals surface area contributed by atoms with E-state index in [0.717, 1.165) is 24.4 Å². The number of hydrogen-bond donors (Lipinski definition) is 3. The van der Waals surface area contributed by atoms with Crippen LogP contribution >= 0.6 is 0 Å². The lowest BCUT2D eigenvalue weighted by Crippen LogP contribution is -2.33. The fraction of sp³-hybridized carbons (Fsp3) is 0.727. The van der Waals surface area contributed by atoms with Gasteiger partial charge in [0, 0.05) is 24.9 Å². The molecule has 15 heavy (non-hydrogen) atoms. The molecule has 4 heteroatoms. The summed E-state index contributed by atoms with van der Waals surface area (Å²) in [5.41, 5.74) is 2.21. The molecule has 2 atom stereocenters. The van der Waals surface area contributed by atoms with Crippen LogP contribution in [0.15, 0.2) is 6.33 Å². The molecule has 3 N–H and O–H groups in total. The third-order valence-corrected chi connectivity index (χ3v) is 3.36. The second kappa shape index (κ2) is 4.77. The number of aromatic nitrogens is 2. The van der Waals surface area contributed by atoms with E-state index < -0.39 is 0 Å². The van der Waals surface area contributed by atoms with Gasteiger partial charge in [0.25, 0.3) is 0 Å². The normalized spacial score (nSPS) is 26.0. The Morgan fingerprint density at radius 1 is 1.60 bits per heavy atom. The van der Waals surface area contributed by atoms with Crippen molar-refractivity contribution in [3.05, 3.63) is 17.7 Å². The summed E-state index contributed by atoms with van der Waals surface area (Å²) in [6, 6.07) is 0.464. The molecule has 0 spiro atoms. The molecule has 2 rings (SSSR count). The van der Waals surface area contributed by atoms with Crippen molar-refractivity contribution in [3.63, 3.8) is 0 Å². The van der Waals surface area contributed by atoms with Crippen molar-refractivity contribution in [1.82, 2.24) is 15.3 Å². The van der Waals surface area contributed by atoms with Crippen LogP contribution in [-0.2, 0) is 6.54 Å². The first-order valence-electron chi connectivity index (χ1n) is 5.64. The molecule has 0 amide bonds. The van der Waals surface area contributed by atoms with E-state index in [2.05, 4.69) is 15.3 Å². The Hall–Kier alpha value is -0.870. The van der Waals surface area contributed by atoms with Crippen LogP contribution in [0.4, 0.5) is 0 Å². The van der Waals surface area contributed by atoms with E-state index >= 15 is 0 Å². The summed E-state index contributed by atoms with van der Waals surface area (Å²) in [6.07, 6.45) is 5.27. The highest BCUT2D eigenvalue weighted by atomic mass is 16.3. The molecule has 1 aliphatic rings. The molecule has 84 valence electrons. The van der Waals surface area contributed by atoms with Gasteiger partial charge in [-0.3, -0.25) is 0 Å². The van der Waals surface area contributed by atoms with E-state index in [1.807, 2.05) is 6.92 Å². The van der Waals surface area contributed by atoms with Crippen LogP contribution in [-0.4, -0.2) is 27.7 Å². The molecule has 2 unspecified atom stereocenters. The minimum atomic E-state index is 0.303. The number of aliphatic hydroxyl groups excluding tert-OH is 1. The molecule has 1 aromatic heterocycles. The number of aryl methyl sites for hydroxylation is 1. The maximum Gasteiger partial charge on any atom is 0.0925 e. The van der Waals surface area contributed by atoms with Crippen LogP contribution in [0.3, 0.4) is 0 Å². The second-order valence-corrected chi connectivity index (χ2v) is 4.34. The molecule has 1 heterocycles. The van der Waals surface area contributed by atoms with Gasteiger partial charge in [-0.15, -0.1) is 0 Å². The fourth-order valence-corrected chi connectivity index (χ4v) is 2.32. The Morgan fingerprint density at radius 2 is 2.47 bits per heavy atom. The number of hydrogen-bond acceptors (Lipinski definition) is 3. The summed E-state index contributed by atoms with van der Waals surface area (Å²) in [5.74, 6) is 0.434. The van der Waals surface area contributed by atoms with Gasteiger partial charge < -0.3 is 15.4 Å². The van der Waals surface area contributed by atoms with Crippen molar-refractivity contribution in [2.45, 2.75) is 38.8 Å². The van der Waals surface area contributed by atoms with Crippen LogP contribution in [0.2, 0.25) is 0 Å². The summed E-state index contributed by atoms with van der Waals surface area (Å²) >= 11 is 0. The highest BCUT2D eigenvalue weighted by Gasteiger charge is 2.26. The lowest BCUT2D eigenvalue weighted by Gasteiger charge is -2.18. The monoisotopic (exact) mass is 209 g/mol. The van der Waals surface area contributed by atoms with Gasteiger partial charge in [-0.25, -0.2) is 4.98 Å². The maximum absolute atomic E-state index is 9.19. The topological polar surface area (TPSA) is 60.9 Å². The average molecular weight is 209 g/mol. The lowest BCUT2D eigenvalue weighted by molar-refractivity contribution is 0.205. The van der Waals surface area contributed by atoms with Gasteiger partial charge in [0.1, 0.15) is 0 Å². The first-order valence-corrected chi connectivity index (χ1v) is 5.64. The number of aromatic amines is 1. The quantitative estimate of drug-likeness (QED) is 0.692. The van der Waals surface area contributed by atoms with Crippen LogP contribution in [0.5, 0.6) is 0 Å². The summed E-state index contributed by atoms with van der Waals surface area (Å²) in [4.78, 5) is 7.32. The average Bonchev–Trinajstić information content (AvgIpc) is 2.83. The zero-order chi connectivity index (χ0) is 10.7. The Labute approximate surface area is 90.1 Å². The van der Waals surface area contributed by atoms with Crippen molar-refractivity contribution in [1.29, 1.82) is 0 Å². The molecule has 0 aromatic carbocycles. The van der Waals surface area contributed by atoms with Gasteiger partial charge in [0.15, 0.2) is 0 Å². The van der Waals surface area contributed by atoms with Gasteiger partial charge in [-0.2, -0.15) is 0 Å². The van der Waals surface area contributed by atoms with Gasteiger partial charge in [-0.1, -0.05) is 6.42 Å². The maximum atomic E-state index is 9.19. The smallest absolute Gasteiger partial charge is 0.0925 e. The molecule has 0 saturated heterocycles. The van der Waals surface area contributed by atoms with Crippen LogP contribution in [0.25, 0.3) is 0 Å². The summed E-state index contributed by atoms with van der Waals surface area (Å²) in [5, 5.41) is 12.7. The lowest BCUT2D eigenvalue weighted by atomic mass is 10.1. The minimum absolute atomic E-state index is 0.303. The Morgan fingerprint density at radius 3 is 3.13 bits per heavy atom. The predicted molar refractivity (Wildman–Crippen MR) is 58.4 cm³/mol. The fourth-order valence-electron chi connectivity index (χ4n) is 2.32. The van der Waals surface area contributed by atoms with Gasteiger partial charge in [0.05, 0.1) is 12.0 Å². The third kappa shape index (κ3) is 2.38. The number of aliphatic hydroxyl groups is 1. The van der Waals surface area contributed by atoms with Crippen molar-refractivity contribution in [2.75, 3.05) is 6.61 Å². The first kappa shape index (κ1) is 10.6. The van der Waals surface area contributed by atoms with E-state index in [1.165, 1.54) is 12.8 Å². The molecule has 1 aromatic rings. The van der Waals surface area contributed by atoms with E-state index in [1.54, 1.807) is 6.33 Å². The predicted octanol–water partition coefficient (Wildman–Crippen LogP) is 0.969. The largest absolute Gasteiger partial charge is 0.396 e. The highest BCUT2D eigenvalue weighted by Crippen LogP contribution is 2.25. The van der Waals surface area contributed by atoms with Gasteiger partial charge >= 0.3 is 0 Å². The van der Waals surface area contributed by atoms with Crippen LogP contribution < -0.4 is 5.32 Å². The first-order chi connectivity index (χ1) is 7.31. The van der Waals surface area contributed by atoms with Gasteiger partial charge in [0.2, 0.25) is 0 Å². The molecular formula is C11H19N3O. The van der Waals surface area contributed by atoms with E-state index in [9.17, 15) is 5.11 Å². The molecule has 0 bridgehead atoms. The number of H-pyrrole nitrogens is 1. The molecule has 1 fully saturated rings.